The number of hydrogen-bond donors (Lipinski definition) is 1. The lowest BCUT2D eigenvalue weighted by molar-refractivity contribution is 0.0315. The van der Waals surface area contributed by atoms with E-state index in [0.29, 0.717) is 16.8 Å². The Labute approximate surface area is 157 Å². The molecule has 0 fully saturated rings. The zero-order valence-electron chi connectivity index (χ0n) is 14.6. The normalized spacial score (nSPS) is 12.3. The fourth-order valence-electron chi connectivity index (χ4n) is 2.24. The number of ketones is 1. The fourth-order valence-corrected chi connectivity index (χ4v) is 3.39. The van der Waals surface area contributed by atoms with Gasteiger partial charge in [0.25, 0.3) is 0 Å². The second-order valence-electron chi connectivity index (χ2n) is 5.56. The van der Waals surface area contributed by atoms with E-state index in [1.807, 2.05) is 12.3 Å². The van der Waals surface area contributed by atoms with Crippen LogP contribution in [0.5, 0.6) is 0 Å². The molecule has 2 rings (SSSR count). The van der Waals surface area contributed by atoms with Gasteiger partial charge in [-0.1, -0.05) is 12.1 Å². The third-order valence-corrected chi connectivity index (χ3v) is 4.85. The molecule has 0 aliphatic carbocycles. The van der Waals surface area contributed by atoms with Crippen LogP contribution in [0, 0.1) is 0 Å². The second kappa shape index (κ2) is 8.37. The van der Waals surface area contributed by atoms with Crippen LogP contribution in [0.1, 0.15) is 27.6 Å². The van der Waals surface area contributed by atoms with Gasteiger partial charge in [-0.2, -0.15) is 0 Å². The number of thioether (sulfide) groups is 1. The number of anilines is 1. The van der Waals surface area contributed by atoms with E-state index < -0.39 is 22.1 Å². The predicted octanol–water partition coefficient (Wildman–Crippen LogP) is 3.21. The highest BCUT2D eigenvalue weighted by molar-refractivity contribution is 7.98. The third-order valence-electron chi connectivity index (χ3n) is 3.45. The van der Waals surface area contributed by atoms with Gasteiger partial charge in [0.1, 0.15) is 0 Å². The van der Waals surface area contributed by atoms with Crippen molar-refractivity contribution in [3.8, 4) is 0 Å². The zero-order chi connectivity index (χ0) is 19.3. The van der Waals surface area contributed by atoms with Gasteiger partial charge in [0.2, 0.25) is 15.8 Å². The number of sulfonamides is 1. The highest BCUT2D eigenvalue weighted by Gasteiger charge is 2.21. The Morgan fingerprint density at radius 3 is 2.27 bits per heavy atom. The predicted molar refractivity (Wildman–Crippen MR) is 102 cm³/mol. The van der Waals surface area contributed by atoms with Gasteiger partial charge in [-0.25, -0.2) is 13.2 Å². The van der Waals surface area contributed by atoms with Gasteiger partial charge < -0.3 is 4.74 Å². The molecule has 1 unspecified atom stereocenters. The first-order valence-electron chi connectivity index (χ1n) is 7.67. The van der Waals surface area contributed by atoms with Gasteiger partial charge in [-0.05, 0) is 49.6 Å². The summed E-state index contributed by atoms with van der Waals surface area (Å²) in [5.74, 6) is -0.933. The van der Waals surface area contributed by atoms with Crippen LogP contribution in [0.4, 0.5) is 5.69 Å². The largest absolute Gasteiger partial charge is 0.451 e. The van der Waals surface area contributed by atoms with Crippen molar-refractivity contribution in [1.82, 2.24) is 0 Å². The van der Waals surface area contributed by atoms with Crippen molar-refractivity contribution in [3.63, 3.8) is 0 Å². The van der Waals surface area contributed by atoms with E-state index in [2.05, 4.69) is 4.72 Å². The Kier molecular flexibility index (Phi) is 6.44. The van der Waals surface area contributed by atoms with Crippen molar-refractivity contribution in [1.29, 1.82) is 0 Å². The van der Waals surface area contributed by atoms with Gasteiger partial charge in [-0.15, -0.1) is 11.8 Å². The molecule has 1 N–H and O–H groups in total. The van der Waals surface area contributed by atoms with E-state index in [1.54, 1.807) is 18.2 Å². The number of carbonyl (C=O) groups excluding carboxylic acids is 2. The molecule has 138 valence electrons. The Hall–Kier alpha value is -2.32. The minimum absolute atomic E-state index is 0.322. The van der Waals surface area contributed by atoms with Gasteiger partial charge in [0.05, 0.1) is 11.8 Å². The zero-order valence-corrected chi connectivity index (χ0v) is 16.2. The van der Waals surface area contributed by atoms with E-state index in [0.717, 1.165) is 11.2 Å². The number of ether oxygens (including phenoxy) is 1. The van der Waals surface area contributed by atoms with Gasteiger partial charge >= 0.3 is 5.97 Å². The molecular weight excluding hydrogens is 374 g/mol. The minimum atomic E-state index is -3.39. The lowest BCUT2D eigenvalue weighted by atomic mass is 10.1. The molecule has 0 heterocycles. The average Bonchev–Trinajstić information content (AvgIpc) is 2.60. The lowest BCUT2D eigenvalue weighted by Crippen LogP contribution is -2.24. The van der Waals surface area contributed by atoms with Crippen LogP contribution in [0.15, 0.2) is 53.4 Å². The van der Waals surface area contributed by atoms with Gasteiger partial charge in [0, 0.05) is 16.1 Å². The standard InChI is InChI=1S/C18H19NO5S2/c1-12(24-18(21)15-6-4-5-7-16(15)25-2)17(20)13-8-10-14(11-9-13)19-26(3,22)23/h4-12,19H,1-3H3. The summed E-state index contributed by atoms with van der Waals surface area (Å²) in [7, 11) is -3.39. The molecule has 0 saturated heterocycles. The molecule has 0 amide bonds. The summed E-state index contributed by atoms with van der Waals surface area (Å²) < 4.78 is 30.0. The number of Topliss-reactive ketones (excluding diaryl/α,β-unsaturated/α-hetero) is 1. The Morgan fingerprint density at radius 2 is 1.69 bits per heavy atom. The van der Waals surface area contributed by atoms with Crippen LogP contribution in [0.2, 0.25) is 0 Å². The molecule has 0 saturated carbocycles. The van der Waals surface area contributed by atoms with E-state index in [-0.39, 0.29) is 5.78 Å². The molecule has 0 aromatic heterocycles. The summed E-state index contributed by atoms with van der Waals surface area (Å²) >= 11 is 1.42. The molecule has 1 atom stereocenters. The summed E-state index contributed by atoms with van der Waals surface area (Å²) in [6, 6.07) is 12.9. The van der Waals surface area contributed by atoms with Crippen molar-refractivity contribution < 1.29 is 22.7 Å². The lowest BCUT2D eigenvalue weighted by Gasteiger charge is -2.14. The van der Waals surface area contributed by atoms with Crippen molar-refractivity contribution in [2.24, 2.45) is 0 Å². The monoisotopic (exact) mass is 393 g/mol. The highest BCUT2D eigenvalue weighted by atomic mass is 32.2. The van der Waals surface area contributed by atoms with Crippen molar-refractivity contribution in [2.75, 3.05) is 17.2 Å². The Morgan fingerprint density at radius 1 is 1.08 bits per heavy atom. The van der Waals surface area contributed by atoms with Crippen molar-refractivity contribution >= 4 is 39.2 Å². The summed E-state index contributed by atoms with van der Waals surface area (Å²) in [6.07, 6.45) is 1.93. The Bertz CT molecular complexity index is 907. The molecule has 0 radical (unpaired) electrons. The van der Waals surface area contributed by atoms with Crippen LogP contribution < -0.4 is 4.72 Å². The summed E-state index contributed by atoms with van der Waals surface area (Å²) in [6.45, 7) is 1.50. The van der Waals surface area contributed by atoms with Crippen molar-refractivity contribution in [3.05, 3.63) is 59.7 Å². The molecule has 8 heteroatoms. The molecule has 26 heavy (non-hydrogen) atoms. The number of esters is 1. The topological polar surface area (TPSA) is 89.5 Å². The maximum Gasteiger partial charge on any atom is 0.339 e. The van der Waals surface area contributed by atoms with E-state index >= 15 is 0 Å². The molecular formula is C18H19NO5S2. The number of nitrogens with one attached hydrogen (secondary N) is 1. The summed E-state index contributed by atoms with van der Waals surface area (Å²) in [5, 5.41) is 0. The van der Waals surface area contributed by atoms with Crippen LogP contribution in [-0.2, 0) is 14.8 Å². The fraction of sp³-hybridized carbons (Fsp3) is 0.222. The van der Waals surface area contributed by atoms with Crippen molar-refractivity contribution in [2.45, 2.75) is 17.9 Å². The number of rotatable bonds is 7. The van der Waals surface area contributed by atoms with Crippen LogP contribution in [0.25, 0.3) is 0 Å². The molecule has 0 aliphatic rings. The minimum Gasteiger partial charge on any atom is -0.451 e. The number of carbonyl (C=O) groups is 2. The Balaban J connectivity index is 2.08. The molecule has 2 aromatic rings. The highest BCUT2D eigenvalue weighted by Crippen LogP contribution is 2.21. The first-order valence-corrected chi connectivity index (χ1v) is 10.8. The maximum atomic E-state index is 12.4. The quantitative estimate of drug-likeness (QED) is 0.441. The van der Waals surface area contributed by atoms with Gasteiger partial charge in [-0.3, -0.25) is 9.52 Å². The summed E-state index contributed by atoms with van der Waals surface area (Å²) in [4.78, 5) is 25.5. The molecule has 0 aliphatic heterocycles. The average molecular weight is 393 g/mol. The molecule has 0 bridgehead atoms. The first kappa shape index (κ1) is 20.0. The number of benzene rings is 2. The van der Waals surface area contributed by atoms with Crippen LogP contribution in [-0.4, -0.2) is 38.8 Å². The number of hydrogen-bond acceptors (Lipinski definition) is 6. The van der Waals surface area contributed by atoms with Crippen LogP contribution in [0.3, 0.4) is 0 Å². The second-order valence-corrected chi connectivity index (χ2v) is 8.16. The van der Waals surface area contributed by atoms with Gasteiger partial charge in [0.15, 0.2) is 6.10 Å². The van der Waals surface area contributed by atoms with E-state index in [9.17, 15) is 18.0 Å². The molecule has 0 spiro atoms. The van der Waals surface area contributed by atoms with E-state index in [4.69, 9.17) is 4.74 Å². The smallest absolute Gasteiger partial charge is 0.339 e. The first-order chi connectivity index (χ1) is 12.2. The maximum absolute atomic E-state index is 12.4. The molecule has 6 nitrogen and oxygen atoms in total. The van der Waals surface area contributed by atoms with E-state index in [1.165, 1.54) is 43.0 Å². The SMILES string of the molecule is CSc1ccccc1C(=O)OC(C)C(=O)c1ccc(NS(C)(=O)=O)cc1. The summed E-state index contributed by atoms with van der Waals surface area (Å²) in [5.41, 5.74) is 1.08. The molecule has 2 aromatic carbocycles. The third kappa shape index (κ3) is 5.34. The van der Waals surface area contributed by atoms with Crippen LogP contribution >= 0.6 is 11.8 Å².